The van der Waals surface area contributed by atoms with Crippen LogP contribution >= 0.6 is 11.3 Å². The number of nitrogens with one attached hydrogen (secondary N) is 1. The number of rotatable bonds is 4. The SMILES string of the molecule is CC/C=C(/C(=O)O)c1csc(NC(=O)OC(C)(C)C)n1. The number of allylic oxidation sites excluding steroid dienone is 1. The quantitative estimate of drug-likeness (QED) is 0.832. The highest BCUT2D eigenvalue weighted by Gasteiger charge is 2.18. The van der Waals surface area contributed by atoms with Gasteiger partial charge in [0.05, 0.1) is 11.3 Å². The molecule has 1 aromatic heterocycles. The fourth-order valence-electron chi connectivity index (χ4n) is 1.35. The predicted molar refractivity (Wildman–Crippen MR) is 77.9 cm³/mol. The average molecular weight is 298 g/mol. The van der Waals surface area contributed by atoms with Gasteiger partial charge in [-0.15, -0.1) is 11.3 Å². The molecule has 2 N–H and O–H groups in total. The molecule has 20 heavy (non-hydrogen) atoms. The third kappa shape index (κ3) is 5.00. The number of ether oxygens (including phenoxy) is 1. The number of carbonyl (C=O) groups excluding carboxylic acids is 1. The van der Waals surface area contributed by atoms with Crippen LogP contribution in [0, 0.1) is 0 Å². The van der Waals surface area contributed by atoms with Crippen molar-refractivity contribution in [1.29, 1.82) is 0 Å². The van der Waals surface area contributed by atoms with Crippen molar-refractivity contribution in [1.82, 2.24) is 4.98 Å². The van der Waals surface area contributed by atoms with E-state index in [-0.39, 0.29) is 5.57 Å². The summed E-state index contributed by atoms with van der Waals surface area (Å²) in [5.41, 5.74) is -0.144. The molecule has 1 rings (SSSR count). The third-order valence-electron chi connectivity index (χ3n) is 2.03. The number of nitrogens with zero attached hydrogens (tertiary/aromatic N) is 1. The molecule has 6 nitrogen and oxygen atoms in total. The van der Waals surface area contributed by atoms with E-state index in [9.17, 15) is 9.59 Å². The minimum Gasteiger partial charge on any atom is -0.478 e. The Hall–Kier alpha value is -1.89. The number of carboxylic acids is 1. The number of amides is 1. The number of aromatic nitrogens is 1. The number of thiazole rings is 1. The number of aliphatic carboxylic acids is 1. The number of anilines is 1. The zero-order valence-corrected chi connectivity index (χ0v) is 12.7. The van der Waals surface area contributed by atoms with Gasteiger partial charge >= 0.3 is 12.1 Å². The summed E-state index contributed by atoms with van der Waals surface area (Å²) < 4.78 is 5.09. The van der Waals surface area contributed by atoms with Crippen LogP contribution in [0.25, 0.3) is 5.57 Å². The van der Waals surface area contributed by atoms with Crippen LogP contribution in [0.15, 0.2) is 11.5 Å². The Labute approximate surface area is 121 Å². The van der Waals surface area contributed by atoms with E-state index in [1.165, 1.54) is 0 Å². The lowest BCUT2D eigenvalue weighted by atomic mass is 10.2. The molecule has 0 aliphatic rings. The van der Waals surface area contributed by atoms with Crippen LogP contribution in [0.3, 0.4) is 0 Å². The first-order valence-electron chi connectivity index (χ1n) is 6.12. The van der Waals surface area contributed by atoms with Crippen LogP contribution in [-0.2, 0) is 9.53 Å². The Morgan fingerprint density at radius 2 is 2.15 bits per heavy atom. The minimum atomic E-state index is -1.04. The summed E-state index contributed by atoms with van der Waals surface area (Å²) in [5, 5.41) is 13.5. The van der Waals surface area contributed by atoms with Crippen molar-refractivity contribution in [3.63, 3.8) is 0 Å². The van der Waals surface area contributed by atoms with Crippen molar-refractivity contribution in [3.8, 4) is 0 Å². The molecule has 0 aliphatic carbocycles. The van der Waals surface area contributed by atoms with E-state index in [0.29, 0.717) is 17.2 Å². The lowest BCUT2D eigenvalue weighted by molar-refractivity contribution is -0.130. The molecule has 0 bridgehead atoms. The number of hydrogen-bond donors (Lipinski definition) is 2. The molecule has 0 saturated carbocycles. The molecule has 0 spiro atoms. The van der Waals surface area contributed by atoms with E-state index < -0.39 is 17.7 Å². The summed E-state index contributed by atoms with van der Waals surface area (Å²) in [6, 6.07) is 0. The monoisotopic (exact) mass is 298 g/mol. The lowest BCUT2D eigenvalue weighted by Gasteiger charge is -2.18. The average Bonchev–Trinajstić information content (AvgIpc) is 2.70. The van der Waals surface area contributed by atoms with Crippen LogP contribution < -0.4 is 5.32 Å². The van der Waals surface area contributed by atoms with Gasteiger partial charge in [0.15, 0.2) is 5.13 Å². The second-order valence-electron chi connectivity index (χ2n) is 5.00. The fraction of sp³-hybridized carbons (Fsp3) is 0.462. The normalized spacial score (nSPS) is 12.1. The molecule has 0 unspecified atom stereocenters. The smallest absolute Gasteiger partial charge is 0.413 e. The van der Waals surface area contributed by atoms with Crippen molar-refractivity contribution in [3.05, 3.63) is 17.2 Å². The van der Waals surface area contributed by atoms with Crippen molar-refractivity contribution >= 4 is 34.1 Å². The third-order valence-corrected chi connectivity index (χ3v) is 2.78. The molecule has 1 aromatic rings. The second kappa shape index (κ2) is 6.51. The Balaban J connectivity index is 2.80. The summed E-state index contributed by atoms with van der Waals surface area (Å²) in [6.07, 6.45) is 1.55. The number of carboxylic acid groups (broad SMARTS) is 1. The molecule has 0 saturated heterocycles. The van der Waals surface area contributed by atoms with Crippen LogP contribution in [0.4, 0.5) is 9.93 Å². The van der Waals surface area contributed by atoms with Crippen LogP contribution in [0.1, 0.15) is 39.8 Å². The standard InChI is InChI=1S/C13H18N2O4S/c1-5-6-8(10(16)17)9-7-20-11(14-9)15-12(18)19-13(2,3)4/h6-7H,5H2,1-4H3,(H,16,17)(H,14,15,18)/b8-6+. The van der Waals surface area contributed by atoms with Crippen LogP contribution in [-0.4, -0.2) is 27.8 Å². The van der Waals surface area contributed by atoms with Gasteiger partial charge in [0, 0.05) is 5.38 Å². The summed E-state index contributed by atoms with van der Waals surface area (Å²) >= 11 is 1.15. The number of carbonyl (C=O) groups is 2. The molecule has 7 heteroatoms. The molecule has 1 heterocycles. The highest BCUT2D eigenvalue weighted by Crippen LogP contribution is 2.23. The van der Waals surface area contributed by atoms with E-state index in [2.05, 4.69) is 10.3 Å². The van der Waals surface area contributed by atoms with Gasteiger partial charge in [-0.1, -0.05) is 13.0 Å². The van der Waals surface area contributed by atoms with Crippen molar-refractivity contribution < 1.29 is 19.4 Å². The van der Waals surface area contributed by atoms with Gasteiger partial charge in [-0.25, -0.2) is 14.6 Å². The Kier molecular flexibility index (Phi) is 5.26. The van der Waals surface area contributed by atoms with Gasteiger partial charge in [0.1, 0.15) is 5.60 Å². The second-order valence-corrected chi connectivity index (χ2v) is 5.85. The predicted octanol–water partition coefficient (Wildman–Crippen LogP) is 3.37. The summed E-state index contributed by atoms with van der Waals surface area (Å²) in [7, 11) is 0. The van der Waals surface area contributed by atoms with Crippen molar-refractivity contribution in [2.24, 2.45) is 0 Å². The van der Waals surface area contributed by atoms with Gasteiger partial charge in [0.25, 0.3) is 0 Å². The zero-order valence-electron chi connectivity index (χ0n) is 11.9. The van der Waals surface area contributed by atoms with Gasteiger partial charge in [-0.2, -0.15) is 0 Å². The molecule has 0 radical (unpaired) electrons. The molecule has 0 aliphatic heterocycles. The Bertz CT molecular complexity index is 529. The molecule has 0 fully saturated rings. The number of hydrogen-bond acceptors (Lipinski definition) is 5. The fourth-order valence-corrected chi connectivity index (χ4v) is 2.05. The maximum Gasteiger partial charge on any atom is 0.413 e. The maximum atomic E-state index is 11.6. The van der Waals surface area contributed by atoms with Gasteiger partial charge in [-0.05, 0) is 27.2 Å². The van der Waals surface area contributed by atoms with Gasteiger partial charge in [-0.3, -0.25) is 5.32 Å². The molecule has 0 atom stereocenters. The summed E-state index contributed by atoms with van der Waals surface area (Å²) in [6.45, 7) is 7.11. The Morgan fingerprint density at radius 1 is 1.50 bits per heavy atom. The Morgan fingerprint density at radius 3 is 2.65 bits per heavy atom. The van der Waals surface area contributed by atoms with E-state index in [4.69, 9.17) is 9.84 Å². The van der Waals surface area contributed by atoms with Crippen LogP contribution in [0.2, 0.25) is 0 Å². The first-order chi connectivity index (χ1) is 9.23. The van der Waals surface area contributed by atoms with E-state index >= 15 is 0 Å². The molecule has 110 valence electrons. The summed E-state index contributed by atoms with van der Waals surface area (Å²) in [4.78, 5) is 26.7. The van der Waals surface area contributed by atoms with Crippen molar-refractivity contribution in [2.45, 2.75) is 39.7 Å². The zero-order chi connectivity index (χ0) is 15.3. The summed E-state index contributed by atoms with van der Waals surface area (Å²) in [5.74, 6) is -1.04. The highest BCUT2D eigenvalue weighted by atomic mass is 32.1. The maximum absolute atomic E-state index is 11.6. The largest absolute Gasteiger partial charge is 0.478 e. The van der Waals surface area contributed by atoms with Crippen molar-refractivity contribution in [2.75, 3.05) is 5.32 Å². The first kappa shape index (κ1) is 16.2. The van der Waals surface area contributed by atoms with Gasteiger partial charge in [0.2, 0.25) is 0 Å². The van der Waals surface area contributed by atoms with Crippen LogP contribution in [0.5, 0.6) is 0 Å². The van der Waals surface area contributed by atoms with E-state index in [0.717, 1.165) is 11.3 Å². The molecule has 1 amide bonds. The van der Waals surface area contributed by atoms with Gasteiger partial charge < -0.3 is 9.84 Å². The highest BCUT2D eigenvalue weighted by molar-refractivity contribution is 7.14. The minimum absolute atomic E-state index is 0.126. The molecule has 0 aromatic carbocycles. The molecular formula is C13H18N2O4S. The molecular weight excluding hydrogens is 280 g/mol. The lowest BCUT2D eigenvalue weighted by Crippen LogP contribution is -2.27. The first-order valence-corrected chi connectivity index (χ1v) is 7.00. The van der Waals surface area contributed by atoms with E-state index in [1.54, 1.807) is 32.2 Å². The topological polar surface area (TPSA) is 88.5 Å². The van der Waals surface area contributed by atoms with E-state index in [1.807, 2.05) is 6.92 Å².